The highest BCUT2D eigenvalue weighted by molar-refractivity contribution is 5.77. The number of aldehydes is 1. The van der Waals surface area contributed by atoms with E-state index in [2.05, 4.69) is 0 Å². The summed E-state index contributed by atoms with van der Waals surface area (Å²) in [5.41, 5.74) is 8.12. The molecule has 16 heavy (non-hydrogen) atoms. The zero-order valence-electron chi connectivity index (χ0n) is 9.14. The zero-order chi connectivity index (χ0) is 12.1. The fraction of sp³-hybridized carbons (Fsp3) is 0.333. The van der Waals surface area contributed by atoms with Crippen molar-refractivity contribution in [3.05, 3.63) is 34.9 Å². The molecular weight excluding hydrogens is 206 g/mol. The maximum Gasteiger partial charge on any atom is 0.303 e. The predicted molar refractivity (Wildman–Crippen MR) is 60.4 cm³/mol. The van der Waals surface area contributed by atoms with E-state index in [4.69, 9.17) is 10.8 Å². The summed E-state index contributed by atoms with van der Waals surface area (Å²) in [4.78, 5) is 21.2. The van der Waals surface area contributed by atoms with Gasteiger partial charge in [-0.25, -0.2) is 0 Å². The van der Waals surface area contributed by atoms with Crippen LogP contribution in [0.25, 0.3) is 0 Å². The van der Waals surface area contributed by atoms with E-state index in [1.807, 2.05) is 19.1 Å². The Morgan fingerprint density at radius 3 is 2.81 bits per heavy atom. The van der Waals surface area contributed by atoms with E-state index in [0.29, 0.717) is 12.0 Å². The van der Waals surface area contributed by atoms with Gasteiger partial charge in [-0.2, -0.15) is 0 Å². The minimum Gasteiger partial charge on any atom is -0.481 e. The van der Waals surface area contributed by atoms with Crippen LogP contribution in [0.3, 0.4) is 0 Å². The molecule has 0 aliphatic rings. The number of benzene rings is 1. The summed E-state index contributed by atoms with van der Waals surface area (Å²) in [5, 5.41) is 8.57. The SMILES string of the molecule is Cc1ccc(C=O)c(C(N)CCC(=O)O)c1. The first kappa shape index (κ1) is 12.4. The molecule has 0 bridgehead atoms. The summed E-state index contributed by atoms with van der Waals surface area (Å²) in [6, 6.07) is 4.96. The minimum absolute atomic E-state index is 0.00735. The molecule has 3 N–H and O–H groups in total. The molecule has 0 saturated carbocycles. The van der Waals surface area contributed by atoms with Crippen molar-refractivity contribution < 1.29 is 14.7 Å². The summed E-state index contributed by atoms with van der Waals surface area (Å²) >= 11 is 0. The number of aryl methyl sites for hydroxylation is 1. The summed E-state index contributed by atoms with van der Waals surface area (Å²) in [6.07, 6.45) is 1.09. The van der Waals surface area contributed by atoms with Gasteiger partial charge in [0.1, 0.15) is 6.29 Å². The molecule has 0 spiro atoms. The topological polar surface area (TPSA) is 80.4 Å². The van der Waals surface area contributed by atoms with E-state index in [1.165, 1.54) is 0 Å². The largest absolute Gasteiger partial charge is 0.481 e. The fourth-order valence-corrected chi connectivity index (χ4v) is 1.56. The Labute approximate surface area is 94.1 Å². The van der Waals surface area contributed by atoms with Gasteiger partial charge in [-0.05, 0) is 18.9 Å². The quantitative estimate of drug-likeness (QED) is 0.741. The molecule has 86 valence electrons. The van der Waals surface area contributed by atoms with Gasteiger partial charge in [0.25, 0.3) is 0 Å². The molecular formula is C12H15NO3. The highest BCUT2D eigenvalue weighted by Gasteiger charge is 2.12. The van der Waals surface area contributed by atoms with Crippen LogP contribution in [0.1, 0.15) is 40.4 Å². The standard InChI is InChI=1S/C12H15NO3/c1-8-2-3-9(7-14)10(6-8)11(13)4-5-12(15)16/h2-3,6-7,11H,4-5,13H2,1H3,(H,15,16). The Kier molecular flexibility index (Phi) is 4.19. The molecule has 1 aromatic carbocycles. The number of carboxylic acid groups (broad SMARTS) is 1. The third-order valence-corrected chi connectivity index (χ3v) is 2.44. The lowest BCUT2D eigenvalue weighted by Gasteiger charge is -2.13. The fourth-order valence-electron chi connectivity index (χ4n) is 1.56. The molecule has 4 nitrogen and oxygen atoms in total. The molecule has 1 atom stereocenters. The van der Waals surface area contributed by atoms with Gasteiger partial charge in [-0.1, -0.05) is 23.8 Å². The number of hydrogen-bond acceptors (Lipinski definition) is 3. The zero-order valence-corrected chi connectivity index (χ0v) is 9.14. The van der Waals surface area contributed by atoms with Crippen LogP contribution in [0.2, 0.25) is 0 Å². The third kappa shape index (κ3) is 3.17. The van der Waals surface area contributed by atoms with Gasteiger partial charge in [-0.3, -0.25) is 9.59 Å². The summed E-state index contributed by atoms with van der Waals surface area (Å²) in [7, 11) is 0. The first-order valence-electron chi connectivity index (χ1n) is 5.07. The van der Waals surface area contributed by atoms with E-state index in [-0.39, 0.29) is 6.42 Å². The minimum atomic E-state index is -0.879. The van der Waals surface area contributed by atoms with Gasteiger partial charge in [0.2, 0.25) is 0 Å². The van der Waals surface area contributed by atoms with Crippen LogP contribution in [0.5, 0.6) is 0 Å². The van der Waals surface area contributed by atoms with Crippen molar-refractivity contribution in [2.24, 2.45) is 5.73 Å². The van der Waals surface area contributed by atoms with Crippen molar-refractivity contribution in [3.63, 3.8) is 0 Å². The highest BCUT2D eigenvalue weighted by atomic mass is 16.4. The van der Waals surface area contributed by atoms with Crippen molar-refractivity contribution in [3.8, 4) is 0 Å². The second-order valence-electron chi connectivity index (χ2n) is 3.79. The molecule has 0 saturated heterocycles. The predicted octanol–water partition coefficient (Wildman–Crippen LogP) is 1.67. The van der Waals surface area contributed by atoms with Crippen molar-refractivity contribution in [2.75, 3.05) is 0 Å². The van der Waals surface area contributed by atoms with E-state index >= 15 is 0 Å². The Morgan fingerprint density at radius 2 is 2.25 bits per heavy atom. The van der Waals surface area contributed by atoms with Gasteiger partial charge in [0, 0.05) is 18.0 Å². The number of carboxylic acids is 1. The smallest absolute Gasteiger partial charge is 0.303 e. The lowest BCUT2D eigenvalue weighted by Crippen LogP contribution is -2.14. The van der Waals surface area contributed by atoms with E-state index in [1.54, 1.807) is 6.07 Å². The Morgan fingerprint density at radius 1 is 1.56 bits per heavy atom. The van der Waals surface area contributed by atoms with Crippen molar-refractivity contribution in [1.29, 1.82) is 0 Å². The van der Waals surface area contributed by atoms with Gasteiger partial charge >= 0.3 is 5.97 Å². The average Bonchev–Trinajstić information content (AvgIpc) is 2.25. The second-order valence-corrected chi connectivity index (χ2v) is 3.79. The van der Waals surface area contributed by atoms with E-state index in [9.17, 15) is 9.59 Å². The van der Waals surface area contributed by atoms with Crippen LogP contribution < -0.4 is 5.73 Å². The van der Waals surface area contributed by atoms with Gasteiger partial charge in [0.05, 0.1) is 0 Å². The Bertz CT molecular complexity index is 401. The van der Waals surface area contributed by atoms with Crippen molar-refractivity contribution in [1.82, 2.24) is 0 Å². The van der Waals surface area contributed by atoms with E-state index < -0.39 is 12.0 Å². The molecule has 0 aromatic heterocycles. The number of carbonyl (C=O) groups excluding carboxylic acids is 1. The van der Waals surface area contributed by atoms with Crippen LogP contribution in [-0.4, -0.2) is 17.4 Å². The summed E-state index contributed by atoms with van der Waals surface area (Å²) in [5.74, 6) is -0.879. The molecule has 4 heteroatoms. The number of aliphatic carboxylic acids is 1. The molecule has 0 aliphatic heterocycles. The van der Waals surface area contributed by atoms with Crippen LogP contribution in [0.15, 0.2) is 18.2 Å². The van der Waals surface area contributed by atoms with Gasteiger partial charge in [0.15, 0.2) is 0 Å². The number of carbonyl (C=O) groups is 2. The molecule has 0 heterocycles. The molecule has 0 amide bonds. The highest BCUT2D eigenvalue weighted by Crippen LogP contribution is 2.20. The average molecular weight is 221 g/mol. The van der Waals surface area contributed by atoms with Crippen molar-refractivity contribution in [2.45, 2.75) is 25.8 Å². The first-order valence-corrected chi connectivity index (χ1v) is 5.07. The molecule has 0 radical (unpaired) electrons. The van der Waals surface area contributed by atoms with Gasteiger partial charge < -0.3 is 10.8 Å². The molecule has 1 unspecified atom stereocenters. The maximum atomic E-state index is 10.8. The lowest BCUT2D eigenvalue weighted by molar-refractivity contribution is -0.137. The van der Waals surface area contributed by atoms with Crippen molar-refractivity contribution >= 4 is 12.3 Å². The second kappa shape index (κ2) is 5.42. The van der Waals surface area contributed by atoms with Crippen LogP contribution in [0, 0.1) is 6.92 Å². The Hall–Kier alpha value is -1.68. The summed E-state index contributed by atoms with van der Waals surface area (Å²) in [6.45, 7) is 1.90. The Balaban J connectivity index is 2.88. The summed E-state index contributed by atoms with van der Waals surface area (Å²) < 4.78 is 0. The number of hydrogen-bond donors (Lipinski definition) is 2. The van der Waals surface area contributed by atoms with Gasteiger partial charge in [-0.15, -0.1) is 0 Å². The van der Waals surface area contributed by atoms with Crippen LogP contribution >= 0.6 is 0 Å². The third-order valence-electron chi connectivity index (χ3n) is 2.44. The maximum absolute atomic E-state index is 10.8. The molecule has 0 fully saturated rings. The van der Waals surface area contributed by atoms with Crippen LogP contribution in [0.4, 0.5) is 0 Å². The molecule has 1 rings (SSSR count). The number of nitrogens with two attached hydrogens (primary N) is 1. The molecule has 1 aromatic rings. The lowest BCUT2D eigenvalue weighted by atomic mass is 9.96. The van der Waals surface area contributed by atoms with E-state index in [0.717, 1.165) is 17.4 Å². The first-order chi connectivity index (χ1) is 7.54. The van der Waals surface area contributed by atoms with Crippen LogP contribution in [-0.2, 0) is 4.79 Å². The number of rotatable bonds is 5. The molecule has 0 aliphatic carbocycles. The normalized spacial score (nSPS) is 12.1. The monoisotopic (exact) mass is 221 g/mol.